The van der Waals surface area contributed by atoms with Crippen LogP contribution in [0.2, 0.25) is 0 Å². The fraction of sp³-hybridized carbons (Fsp3) is 0.400. The van der Waals surface area contributed by atoms with E-state index < -0.39 is 0 Å². The van der Waals surface area contributed by atoms with Gasteiger partial charge in [0.2, 0.25) is 0 Å². The summed E-state index contributed by atoms with van der Waals surface area (Å²) in [6.45, 7) is 2.19. The molecule has 0 spiro atoms. The van der Waals surface area contributed by atoms with Crippen molar-refractivity contribution in [2.75, 3.05) is 0 Å². The summed E-state index contributed by atoms with van der Waals surface area (Å²) < 4.78 is 1.13. The second-order valence-corrected chi connectivity index (χ2v) is 4.45. The van der Waals surface area contributed by atoms with Gasteiger partial charge in [0.15, 0.2) is 0 Å². The van der Waals surface area contributed by atoms with E-state index in [0.717, 1.165) is 10.9 Å². The van der Waals surface area contributed by atoms with Crippen molar-refractivity contribution >= 4 is 15.9 Å². The summed E-state index contributed by atoms with van der Waals surface area (Å²) in [5.41, 5.74) is 7.84. The molecule has 70 valence electrons. The second kappa shape index (κ2) is 3.78. The Hall–Kier alpha value is -0.380. The summed E-state index contributed by atoms with van der Waals surface area (Å²) in [5, 5.41) is 0. The Balaban J connectivity index is 2.13. The third kappa shape index (κ3) is 2.10. The van der Waals surface area contributed by atoms with E-state index in [0.29, 0.717) is 12.1 Å². The predicted molar refractivity (Wildman–Crippen MR) is 57.2 cm³/mol. The first-order valence-electron chi connectivity index (χ1n) is 4.52. The number of benzene rings is 1. The van der Waals surface area contributed by atoms with Crippen LogP contribution in [0.4, 0.5) is 0 Å². The molecule has 0 amide bonds. The quantitative estimate of drug-likeness (QED) is 0.788. The Morgan fingerprint density at radius 1 is 1.23 bits per heavy atom. The lowest BCUT2D eigenvalue weighted by Gasteiger charge is -2.08. The van der Waals surface area contributed by atoms with Crippen molar-refractivity contribution in [3.05, 3.63) is 34.3 Å². The van der Waals surface area contributed by atoms with E-state index in [1.165, 1.54) is 5.56 Å². The maximum absolute atomic E-state index is 3.43. The molecule has 2 rings (SSSR count). The van der Waals surface area contributed by atoms with E-state index in [-0.39, 0.29) is 0 Å². The molecular weight excluding hydrogens is 228 g/mol. The molecule has 2 N–H and O–H groups in total. The highest BCUT2D eigenvalue weighted by Gasteiger charge is 2.20. The van der Waals surface area contributed by atoms with Crippen molar-refractivity contribution in [1.82, 2.24) is 10.9 Å². The van der Waals surface area contributed by atoms with Crippen LogP contribution in [0.5, 0.6) is 0 Å². The molecular formula is C10H13BrN2. The normalized spacial score (nSPS) is 27.8. The Morgan fingerprint density at radius 2 is 1.92 bits per heavy atom. The molecule has 0 bridgehead atoms. The number of rotatable bonds is 1. The number of nitrogens with one attached hydrogen (secondary N) is 2. The first kappa shape index (κ1) is 9.19. The molecule has 1 aliphatic rings. The summed E-state index contributed by atoms with van der Waals surface area (Å²) in [7, 11) is 0. The minimum Gasteiger partial charge on any atom is -0.254 e. The largest absolute Gasteiger partial charge is 0.254 e. The smallest absolute Gasteiger partial charge is 0.0477 e. The molecule has 3 heteroatoms. The molecule has 0 aliphatic carbocycles. The average Bonchev–Trinajstić information content (AvgIpc) is 2.53. The number of hydrazine groups is 1. The first-order chi connectivity index (χ1) is 6.25. The summed E-state index contributed by atoms with van der Waals surface area (Å²) in [5.74, 6) is 0. The molecule has 1 saturated heterocycles. The van der Waals surface area contributed by atoms with Gasteiger partial charge in [-0.1, -0.05) is 28.1 Å². The number of hydrogen-bond donors (Lipinski definition) is 2. The van der Waals surface area contributed by atoms with Crippen LogP contribution in [-0.2, 0) is 0 Å². The fourth-order valence-corrected chi connectivity index (χ4v) is 1.89. The van der Waals surface area contributed by atoms with Gasteiger partial charge in [-0.2, -0.15) is 0 Å². The number of halogens is 1. The molecule has 0 radical (unpaired) electrons. The van der Waals surface area contributed by atoms with Gasteiger partial charge in [0.25, 0.3) is 0 Å². The molecule has 2 unspecified atom stereocenters. The van der Waals surface area contributed by atoms with Crippen molar-refractivity contribution in [1.29, 1.82) is 0 Å². The number of hydrogen-bond acceptors (Lipinski definition) is 2. The molecule has 1 heterocycles. The monoisotopic (exact) mass is 240 g/mol. The predicted octanol–water partition coefficient (Wildman–Crippen LogP) is 2.38. The molecule has 2 nitrogen and oxygen atoms in total. The highest BCUT2D eigenvalue weighted by atomic mass is 79.9. The zero-order chi connectivity index (χ0) is 9.26. The summed E-state index contributed by atoms with van der Waals surface area (Å²) in [6.07, 6.45) is 1.15. The van der Waals surface area contributed by atoms with Crippen molar-refractivity contribution in [2.24, 2.45) is 0 Å². The summed E-state index contributed by atoms with van der Waals surface area (Å²) in [6, 6.07) is 9.50. The van der Waals surface area contributed by atoms with Gasteiger partial charge in [-0.05, 0) is 31.0 Å². The van der Waals surface area contributed by atoms with Crippen molar-refractivity contribution in [3.63, 3.8) is 0 Å². The van der Waals surface area contributed by atoms with Gasteiger partial charge in [-0.3, -0.25) is 10.9 Å². The lowest BCUT2D eigenvalue weighted by atomic mass is 10.0. The molecule has 1 aliphatic heterocycles. The third-order valence-corrected chi connectivity index (χ3v) is 2.89. The van der Waals surface area contributed by atoms with Crippen LogP contribution in [0, 0.1) is 0 Å². The fourth-order valence-electron chi connectivity index (χ4n) is 1.63. The topological polar surface area (TPSA) is 24.1 Å². The minimum absolute atomic E-state index is 0.461. The van der Waals surface area contributed by atoms with E-state index in [4.69, 9.17) is 0 Å². The first-order valence-corrected chi connectivity index (χ1v) is 5.31. The minimum atomic E-state index is 0.461. The van der Waals surface area contributed by atoms with Crippen LogP contribution in [0.15, 0.2) is 28.7 Å². The second-order valence-electron chi connectivity index (χ2n) is 3.53. The van der Waals surface area contributed by atoms with Crippen molar-refractivity contribution < 1.29 is 0 Å². The Labute approximate surface area is 86.8 Å². The van der Waals surface area contributed by atoms with Crippen LogP contribution < -0.4 is 10.9 Å². The van der Waals surface area contributed by atoms with Gasteiger partial charge in [-0.15, -0.1) is 0 Å². The van der Waals surface area contributed by atoms with E-state index in [1.54, 1.807) is 0 Å². The van der Waals surface area contributed by atoms with Crippen LogP contribution in [-0.4, -0.2) is 6.04 Å². The van der Waals surface area contributed by atoms with Crippen molar-refractivity contribution in [2.45, 2.75) is 25.4 Å². The average molecular weight is 241 g/mol. The molecule has 2 atom stereocenters. The van der Waals surface area contributed by atoms with Crippen LogP contribution >= 0.6 is 15.9 Å². The molecule has 1 fully saturated rings. The van der Waals surface area contributed by atoms with Crippen LogP contribution in [0.3, 0.4) is 0 Å². The van der Waals surface area contributed by atoms with Gasteiger partial charge in [-0.25, -0.2) is 0 Å². The van der Waals surface area contributed by atoms with Gasteiger partial charge >= 0.3 is 0 Å². The van der Waals surface area contributed by atoms with E-state index in [1.807, 2.05) is 0 Å². The molecule has 13 heavy (non-hydrogen) atoms. The van der Waals surface area contributed by atoms with E-state index >= 15 is 0 Å². The lowest BCUT2D eigenvalue weighted by molar-refractivity contribution is 0.560. The van der Waals surface area contributed by atoms with Gasteiger partial charge < -0.3 is 0 Å². The Kier molecular flexibility index (Phi) is 2.67. The van der Waals surface area contributed by atoms with Crippen molar-refractivity contribution in [3.8, 4) is 0 Å². The molecule has 1 aromatic rings. The van der Waals surface area contributed by atoms with Gasteiger partial charge in [0.05, 0.1) is 0 Å². The summed E-state index contributed by atoms with van der Waals surface area (Å²) in [4.78, 5) is 0. The van der Waals surface area contributed by atoms with Crippen LogP contribution in [0.1, 0.15) is 24.9 Å². The zero-order valence-corrected chi connectivity index (χ0v) is 9.14. The molecule has 1 aromatic carbocycles. The third-order valence-electron chi connectivity index (χ3n) is 2.37. The van der Waals surface area contributed by atoms with E-state index in [9.17, 15) is 0 Å². The van der Waals surface area contributed by atoms with Crippen LogP contribution in [0.25, 0.3) is 0 Å². The zero-order valence-electron chi connectivity index (χ0n) is 7.55. The SMILES string of the molecule is CC1CC(c2ccc(Br)cc2)NN1. The summed E-state index contributed by atoms with van der Waals surface area (Å²) >= 11 is 3.43. The Morgan fingerprint density at radius 3 is 2.46 bits per heavy atom. The maximum atomic E-state index is 3.43. The standard InChI is InChI=1S/C10H13BrN2/c1-7-6-10(13-12-7)8-2-4-9(11)5-3-8/h2-5,7,10,12-13H,6H2,1H3. The lowest BCUT2D eigenvalue weighted by Crippen LogP contribution is -2.28. The van der Waals surface area contributed by atoms with Gasteiger partial charge in [0, 0.05) is 16.6 Å². The van der Waals surface area contributed by atoms with Gasteiger partial charge in [0.1, 0.15) is 0 Å². The molecule has 0 saturated carbocycles. The highest BCUT2D eigenvalue weighted by molar-refractivity contribution is 9.10. The maximum Gasteiger partial charge on any atom is 0.0477 e. The molecule has 0 aromatic heterocycles. The Bertz CT molecular complexity index is 283. The highest BCUT2D eigenvalue weighted by Crippen LogP contribution is 2.23. The van der Waals surface area contributed by atoms with E-state index in [2.05, 4.69) is 58.0 Å².